The van der Waals surface area contributed by atoms with E-state index in [-0.39, 0.29) is 16.8 Å². The zero-order valence-electron chi connectivity index (χ0n) is 16.1. The minimum absolute atomic E-state index is 0.0516. The number of aliphatic imine (C=N–C) groups is 1. The third-order valence-corrected chi connectivity index (χ3v) is 5.71. The number of benzene rings is 1. The lowest BCUT2D eigenvalue weighted by Crippen LogP contribution is -2.35. The van der Waals surface area contributed by atoms with E-state index in [1.165, 1.54) is 23.9 Å². The van der Waals surface area contributed by atoms with Crippen LogP contribution in [0.4, 0.5) is 11.4 Å². The smallest absolute Gasteiger partial charge is 0.269 e. The lowest BCUT2D eigenvalue weighted by molar-refractivity contribution is -0.384. The van der Waals surface area contributed by atoms with E-state index in [4.69, 9.17) is 4.99 Å². The zero-order chi connectivity index (χ0) is 19.4. The summed E-state index contributed by atoms with van der Waals surface area (Å²) in [5.41, 5.74) is 1.46. The lowest BCUT2D eigenvalue weighted by Gasteiger charge is -2.20. The molecule has 0 N–H and O–H groups in total. The van der Waals surface area contributed by atoms with Gasteiger partial charge in [-0.05, 0) is 36.8 Å². The summed E-state index contributed by atoms with van der Waals surface area (Å²) in [6.45, 7) is 10.9. The Balaban J connectivity index is 2.34. The second-order valence-corrected chi connectivity index (χ2v) is 8.49. The monoisotopic (exact) mass is 377 g/mol. The van der Waals surface area contributed by atoms with Crippen LogP contribution in [0.2, 0.25) is 0 Å². The maximum absolute atomic E-state index is 12.9. The Kier molecular flexibility index (Phi) is 6.81. The first-order valence-electron chi connectivity index (χ1n) is 9.04. The number of aryl methyl sites for hydroxylation is 1. The van der Waals surface area contributed by atoms with Gasteiger partial charge < -0.3 is 0 Å². The van der Waals surface area contributed by atoms with Crippen molar-refractivity contribution in [2.45, 2.75) is 52.7 Å². The largest absolute Gasteiger partial charge is 0.290 e. The Labute approximate surface area is 159 Å². The molecule has 1 aliphatic heterocycles. The lowest BCUT2D eigenvalue weighted by atomic mass is 10.1. The van der Waals surface area contributed by atoms with Crippen LogP contribution < -0.4 is 0 Å². The van der Waals surface area contributed by atoms with E-state index in [1.807, 2.05) is 0 Å². The van der Waals surface area contributed by atoms with Crippen LogP contribution >= 0.6 is 11.8 Å². The third-order valence-electron chi connectivity index (χ3n) is 4.50. The van der Waals surface area contributed by atoms with Gasteiger partial charge in [-0.3, -0.25) is 19.8 Å². The molecule has 26 heavy (non-hydrogen) atoms. The standard InChI is InChI=1S/C19H27N3O3S/c1-6-13(4)11-21-18(23)17(9-12(2)3)26-19(21)20-16-8-7-15(22(24)25)10-14(16)5/h7-8,10,12-13,17H,6,9,11H2,1-5H3. The Morgan fingerprint density at radius 2 is 2.04 bits per heavy atom. The minimum Gasteiger partial charge on any atom is -0.290 e. The van der Waals surface area contributed by atoms with Gasteiger partial charge in [0.15, 0.2) is 5.17 Å². The van der Waals surface area contributed by atoms with E-state index in [0.717, 1.165) is 18.4 Å². The fourth-order valence-electron chi connectivity index (χ4n) is 2.76. The summed E-state index contributed by atoms with van der Waals surface area (Å²) in [5.74, 6) is 0.949. The highest BCUT2D eigenvalue weighted by molar-refractivity contribution is 8.15. The maximum atomic E-state index is 12.9. The Bertz CT molecular complexity index is 718. The van der Waals surface area contributed by atoms with E-state index in [1.54, 1.807) is 17.9 Å². The molecule has 1 aromatic carbocycles. The molecule has 1 amide bonds. The molecule has 1 heterocycles. The average Bonchev–Trinajstić information content (AvgIpc) is 2.84. The van der Waals surface area contributed by atoms with Crippen molar-refractivity contribution in [3.05, 3.63) is 33.9 Å². The average molecular weight is 378 g/mol. The molecule has 6 nitrogen and oxygen atoms in total. The van der Waals surface area contributed by atoms with Crippen molar-refractivity contribution >= 4 is 34.2 Å². The van der Waals surface area contributed by atoms with Crippen molar-refractivity contribution in [2.75, 3.05) is 6.54 Å². The maximum Gasteiger partial charge on any atom is 0.269 e. The summed E-state index contributed by atoms with van der Waals surface area (Å²) in [6, 6.07) is 4.63. The van der Waals surface area contributed by atoms with Crippen LogP contribution in [0.1, 0.15) is 46.1 Å². The molecule has 1 aromatic rings. The van der Waals surface area contributed by atoms with Gasteiger partial charge in [-0.25, -0.2) is 4.99 Å². The molecule has 0 spiro atoms. The molecule has 2 unspecified atom stereocenters. The second kappa shape index (κ2) is 8.66. The van der Waals surface area contributed by atoms with Gasteiger partial charge in [-0.15, -0.1) is 0 Å². The first kappa shape index (κ1) is 20.4. The summed E-state index contributed by atoms with van der Waals surface area (Å²) in [6.07, 6.45) is 1.81. The quantitative estimate of drug-likeness (QED) is 0.499. The predicted octanol–water partition coefficient (Wildman–Crippen LogP) is 4.93. The molecular weight excluding hydrogens is 350 g/mol. The van der Waals surface area contributed by atoms with Gasteiger partial charge in [0.05, 0.1) is 15.9 Å². The van der Waals surface area contributed by atoms with E-state index in [2.05, 4.69) is 27.7 Å². The third kappa shape index (κ3) is 4.84. The molecule has 1 aliphatic rings. The highest BCUT2D eigenvalue weighted by Gasteiger charge is 2.38. The first-order chi connectivity index (χ1) is 12.2. The zero-order valence-corrected chi connectivity index (χ0v) is 16.9. The molecule has 1 fully saturated rings. The van der Waals surface area contributed by atoms with Gasteiger partial charge >= 0.3 is 0 Å². The fraction of sp³-hybridized carbons (Fsp3) is 0.579. The van der Waals surface area contributed by atoms with Crippen molar-refractivity contribution in [2.24, 2.45) is 16.8 Å². The van der Waals surface area contributed by atoms with Gasteiger partial charge in [-0.2, -0.15) is 0 Å². The summed E-state index contributed by atoms with van der Waals surface area (Å²) in [5, 5.41) is 11.5. The number of amidine groups is 1. The van der Waals surface area contributed by atoms with Gasteiger partial charge in [0.1, 0.15) is 0 Å². The molecule has 0 aliphatic carbocycles. The second-order valence-electron chi connectivity index (χ2n) is 7.32. The molecule has 0 saturated carbocycles. The molecule has 7 heteroatoms. The number of nitrogens with zero attached hydrogens (tertiary/aromatic N) is 3. The number of nitro benzene ring substituents is 1. The number of carbonyl (C=O) groups is 1. The summed E-state index contributed by atoms with van der Waals surface area (Å²) >= 11 is 1.51. The fourth-order valence-corrected chi connectivity index (χ4v) is 4.17. The number of non-ortho nitro benzene ring substituents is 1. The van der Waals surface area contributed by atoms with E-state index < -0.39 is 4.92 Å². The Hall–Kier alpha value is -1.89. The van der Waals surface area contributed by atoms with Crippen molar-refractivity contribution in [1.82, 2.24) is 4.90 Å². The molecule has 1 saturated heterocycles. The topological polar surface area (TPSA) is 75.8 Å². The molecule has 0 bridgehead atoms. The van der Waals surface area contributed by atoms with E-state index >= 15 is 0 Å². The van der Waals surface area contributed by atoms with Crippen LogP contribution in [-0.4, -0.2) is 32.7 Å². The van der Waals surface area contributed by atoms with Crippen molar-refractivity contribution in [3.63, 3.8) is 0 Å². The first-order valence-corrected chi connectivity index (χ1v) is 9.92. The van der Waals surface area contributed by atoms with Crippen LogP contribution in [0, 0.1) is 28.9 Å². The number of thioether (sulfide) groups is 1. The van der Waals surface area contributed by atoms with E-state index in [9.17, 15) is 14.9 Å². The number of hydrogen-bond donors (Lipinski definition) is 0. The van der Waals surface area contributed by atoms with Crippen molar-refractivity contribution in [1.29, 1.82) is 0 Å². The van der Waals surface area contributed by atoms with E-state index in [0.29, 0.717) is 29.2 Å². The summed E-state index contributed by atoms with van der Waals surface area (Å²) < 4.78 is 0. The number of hydrogen-bond acceptors (Lipinski definition) is 5. The highest BCUT2D eigenvalue weighted by atomic mass is 32.2. The minimum atomic E-state index is -0.411. The van der Waals surface area contributed by atoms with Crippen LogP contribution in [0.3, 0.4) is 0 Å². The number of amides is 1. The number of carbonyl (C=O) groups excluding carboxylic acids is 1. The van der Waals surface area contributed by atoms with Crippen LogP contribution in [0.25, 0.3) is 0 Å². The van der Waals surface area contributed by atoms with Crippen LogP contribution in [0.15, 0.2) is 23.2 Å². The van der Waals surface area contributed by atoms with Crippen molar-refractivity contribution < 1.29 is 9.72 Å². The molecule has 2 atom stereocenters. The summed E-state index contributed by atoms with van der Waals surface area (Å²) in [7, 11) is 0. The molecule has 0 aromatic heterocycles. The summed E-state index contributed by atoms with van der Waals surface area (Å²) in [4.78, 5) is 29.9. The Morgan fingerprint density at radius 1 is 1.35 bits per heavy atom. The van der Waals surface area contributed by atoms with Gasteiger partial charge in [-0.1, -0.05) is 45.9 Å². The predicted molar refractivity (Wildman–Crippen MR) is 107 cm³/mol. The molecule has 142 valence electrons. The van der Waals surface area contributed by atoms with Crippen LogP contribution in [0.5, 0.6) is 0 Å². The molecular formula is C19H27N3O3S. The van der Waals surface area contributed by atoms with Crippen molar-refractivity contribution in [3.8, 4) is 0 Å². The van der Waals surface area contributed by atoms with Gasteiger partial charge in [0.2, 0.25) is 5.91 Å². The Morgan fingerprint density at radius 3 is 2.58 bits per heavy atom. The number of rotatable bonds is 7. The molecule has 0 radical (unpaired) electrons. The van der Waals surface area contributed by atoms with Gasteiger partial charge in [0.25, 0.3) is 5.69 Å². The number of nitro groups is 1. The van der Waals surface area contributed by atoms with Gasteiger partial charge in [0, 0.05) is 18.7 Å². The SMILES string of the molecule is CCC(C)CN1C(=O)C(CC(C)C)SC1=Nc1ccc([N+](=O)[O-])cc1C. The molecule has 2 rings (SSSR count). The normalized spacial score (nSPS) is 20.2. The highest BCUT2D eigenvalue weighted by Crippen LogP contribution is 2.35. The van der Waals surface area contributed by atoms with Crippen LogP contribution in [-0.2, 0) is 4.79 Å².